The van der Waals surface area contributed by atoms with Gasteiger partial charge in [0.1, 0.15) is 0 Å². The standard InChI is InChI=1S/C12H14ClNO3/c13-9-6-8(10(15)2-3-14)7-11-12(9)17-5-1-4-16-11/h6-7H,1-5,14H2. The Kier molecular flexibility index (Phi) is 3.86. The van der Waals surface area contributed by atoms with Gasteiger partial charge < -0.3 is 15.2 Å². The van der Waals surface area contributed by atoms with Crippen LogP contribution in [-0.4, -0.2) is 25.5 Å². The van der Waals surface area contributed by atoms with E-state index in [0.717, 1.165) is 6.42 Å². The van der Waals surface area contributed by atoms with E-state index in [9.17, 15) is 4.79 Å². The molecule has 0 fully saturated rings. The summed E-state index contributed by atoms with van der Waals surface area (Å²) in [5.74, 6) is 1.02. The highest BCUT2D eigenvalue weighted by atomic mass is 35.5. The largest absolute Gasteiger partial charge is 0.489 e. The van der Waals surface area contributed by atoms with Crippen LogP contribution in [0.2, 0.25) is 5.02 Å². The minimum absolute atomic E-state index is 0.0370. The van der Waals surface area contributed by atoms with Crippen LogP contribution in [0.5, 0.6) is 11.5 Å². The first-order valence-corrected chi connectivity index (χ1v) is 5.92. The van der Waals surface area contributed by atoms with Gasteiger partial charge in [-0.3, -0.25) is 4.79 Å². The maximum atomic E-state index is 11.7. The summed E-state index contributed by atoms with van der Waals surface area (Å²) in [6.07, 6.45) is 1.10. The van der Waals surface area contributed by atoms with Crippen molar-refractivity contribution in [2.45, 2.75) is 12.8 Å². The van der Waals surface area contributed by atoms with Crippen molar-refractivity contribution in [3.05, 3.63) is 22.7 Å². The highest BCUT2D eigenvalue weighted by Crippen LogP contribution is 2.38. The van der Waals surface area contributed by atoms with Crippen molar-refractivity contribution < 1.29 is 14.3 Å². The van der Waals surface area contributed by atoms with Crippen molar-refractivity contribution in [1.29, 1.82) is 0 Å². The van der Waals surface area contributed by atoms with E-state index in [0.29, 0.717) is 48.3 Å². The molecule has 0 spiro atoms. The second-order valence-corrected chi connectivity index (χ2v) is 4.20. The molecule has 0 saturated carbocycles. The normalized spacial score (nSPS) is 14.2. The molecule has 17 heavy (non-hydrogen) atoms. The zero-order valence-electron chi connectivity index (χ0n) is 9.37. The van der Waals surface area contributed by atoms with Gasteiger partial charge in [-0.25, -0.2) is 0 Å². The Morgan fingerprint density at radius 3 is 2.88 bits per heavy atom. The minimum atomic E-state index is -0.0370. The molecule has 1 aliphatic rings. The molecular formula is C12H14ClNO3. The molecule has 5 heteroatoms. The zero-order chi connectivity index (χ0) is 12.3. The average Bonchev–Trinajstić information content (AvgIpc) is 2.54. The molecule has 0 amide bonds. The Morgan fingerprint density at radius 2 is 2.12 bits per heavy atom. The van der Waals surface area contributed by atoms with Crippen LogP contribution in [-0.2, 0) is 0 Å². The molecule has 1 aliphatic heterocycles. The minimum Gasteiger partial charge on any atom is -0.489 e. The lowest BCUT2D eigenvalue weighted by atomic mass is 10.1. The molecule has 92 valence electrons. The Morgan fingerprint density at radius 1 is 1.35 bits per heavy atom. The molecule has 2 N–H and O–H groups in total. The quantitative estimate of drug-likeness (QED) is 0.840. The maximum absolute atomic E-state index is 11.7. The molecule has 0 aliphatic carbocycles. The number of ketones is 1. The molecule has 4 nitrogen and oxygen atoms in total. The summed E-state index contributed by atoms with van der Waals surface area (Å²) in [6.45, 7) is 1.46. The Balaban J connectivity index is 2.35. The van der Waals surface area contributed by atoms with Gasteiger partial charge in [-0.1, -0.05) is 11.6 Å². The Hall–Kier alpha value is -1.26. The number of fused-ring (bicyclic) bond motifs is 1. The first kappa shape index (κ1) is 12.2. The van der Waals surface area contributed by atoms with Crippen molar-refractivity contribution in [3.63, 3.8) is 0 Å². The van der Waals surface area contributed by atoms with Crippen molar-refractivity contribution in [1.82, 2.24) is 0 Å². The molecule has 2 rings (SSSR count). The molecule has 0 radical (unpaired) electrons. The smallest absolute Gasteiger partial charge is 0.179 e. The summed E-state index contributed by atoms with van der Waals surface area (Å²) in [5.41, 5.74) is 5.88. The third kappa shape index (κ3) is 2.70. The maximum Gasteiger partial charge on any atom is 0.179 e. The second-order valence-electron chi connectivity index (χ2n) is 3.80. The predicted molar refractivity (Wildman–Crippen MR) is 65.1 cm³/mol. The van der Waals surface area contributed by atoms with E-state index >= 15 is 0 Å². The van der Waals surface area contributed by atoms with E-state index in [4.69, 9.17) is 26.8 Å². The fourth-order valence-electron chi connectivity index (χ4n) is 1.67. The number of hydrogen-bond donors (Lipinski definition) is 1. The van der Waals surface area contributed by atoms with Gasteiger partial charge in [0.05, 0.1) is 18.2 Å². The number of carbonyl (C=O) groups is 1. The van der Waals surface area contributed by atoms with Crippen molar-refractivity contribution in [3.8, 4) is 11.5 Å². The second kappa shape index (κ2) is 5.38. The monoisotopic (exact) mass is 255 g/mol. The molecule has 0 aromatic heterocycles. The molecule has 0 saturated heterocycles. The topological polar surface area (TPSA) is 61.6 Å². The van der Waals surface area contributed by atoms with E-state index in [1.54, 1.807) is 12.1 Å². The lowest BCUT2D eigenvalue weighted by Crippen LogP contribution is -2.08. The summed E-state index contributed by atoms with van der Waals surface area (Å²) >= 11 is 6.08. The number of hydrogen-bond acceptors (Lipinski definition) is 4. The number of ether oxygens (including phenoxy) is 2. The van der Waals surface area contributed by atoms with Crippen LogP contribution < -0.4 is 15.2 Å². The van der Waals surface area contributed by atoms with Gasteiger partial charge in [-0.2, -0.15) is 0 Å². The molecule has 0 bridgehead atoms. The lowest BCUT2D eigenvalue weighted by Gasteiger charge is -2.10. The highest BCUT2D eigenvalue weighted by molar-refractivity contribution is 6.32. The first-order chi connectivity index (χ1) is 8.22. The third-order valence-electron chi connectivity index (χ3n) is 2.50. The fourth-order valence-corrected chi connectivity index (χ4v) is 1.93. The third-order valence-corrected chi connectivity index (χ3v) is 2.78. The van der Waals surface area contributed by atoms with Crippen LogP contribution in [0.25, 0.3) is 0 Å². The number of rotatable bonds is 3. The van der Waals surface area contributed by atoms with E-state index in [1.165, 1.54) is 0 Å². The molecule has 1 aromatic rings. The van der Waals surface area contributed by atoms with Crippen LogP contribution in [0.1, 0.15) is 23.2 Å². The summed E-state index contributed by atoms with van der Waals surface area (Å²) in [5, 5.41) is 0.407. The summed E-state index contributed by atoms with van der Waals surface area (Å²) in [4.78, 5) is 11.7. The van der Waals surface area contributed by atoms with E-state index in [1.807, 2.05) is 0 Å². The van der Waals surface area contributed by atoms with Crippen LogP contribution in [0.15, 0.2) is 12.1 Å². The number of nitrogens with two attached hydrogens (primary N) is 1. The van der Waals surface area contributed by atoms with Gasteiger partial charge in [-0.05, 0) is 18.7 Å². The van der Waals surface area contributed by atoms with Gasteiger partial charge in [-0.15, -0.1) is 0 Å². The van der Waals surface area contributed by atoms with Gasteiger partial charge in [0, 0.05) is 18.4 Å². The van der Waals surface area contributed by atoms with Gasteiger partial charge in [0.25, 0.3) is 0 Å². The molecular weight excluding hydrogens is 242 g/mol. The molecule has 1 aromatic carbocycles. The number of benzene rings is 1. The zero-order valence-corrected chi connectivity index (χ0v) is 10.1. The SMILES string of the molecule is NCCC(=O)c1cc(Cl)c2c(c1)OCCCO2. The molecule has 1 heterocycles. The van der Waals surface area contributed by atoms with Crippen LogP contribution in [0.4, 0.5) is 0 Å². The first-order valence-electron chi connectivity index (χ1n) is 5.55. The van der Waals surface area contributed by atoms with Crippen molar-refractivity contribution >= 4 is 17.4 Å². The van der Waals surface area contributed by atoms with E-state index < -0.39 is 0 Å². The van der Waals surface area contributed by atoms with E-state index in [-0.39, 0.29) is 5.78 Å². The number of halogens is 1. The summed E-state index contributed by atoms with van der Waals surface area (Å²) < 4.78 is 11.0. The number of carbonyl (C=O) groups excluding carboxylic acids is 1. The van der Waals surface area contributed by atoms with Gasteiger partial charge >= 0.3 is 0 Å². The van der Waals surface area contributed by atoms with Crippen LogP contribution >= 0.6 is 11.6 Å². The molecule has 0 atom stereocenters. The summed E-state index contributed by atoms with van der Waals surface area (Å²) in [6, 6.07) is 3.28. The summed E-state index contributed by atoms with van der Waals surface area (Å²) in [7, 11) is 0. The fraction of sp³-hybridized carbons (Fsp3) is 0.417. The van der Waals surface area contributed by atoms with Crippen molar-refractivity contribution in [2.75, 3.05) is 19.8 Å². The average molecular weight is 256 g/mol. The van der Waals surface area contributed by atoms with Crippen LogP contribution in [0, 0.1) is 0 Å². The lowest BCUT2D eigenvalue weighted by molar-refractivity contribution is 0.0985. The van der Waals surface area contributed by atoms with E-state index in [2.05, 4.69) is 0 Å². The number of Topliss-reactive ketones (excluding diaryl/α,β-unsaturated/α-hetero) is 1. The van der Waals surface area contributed by atoms with Gasteiger partial charge in [0.2, 0.25) is 0 Å². The molecule has 0 unspecified atom stereocenters. The van der Waals surface area contributed by atoms with Gasteiger partial charge in [0.15, 0.2) is 17.3 Å². The Labute approximate surface area is 105 Å². The predicted octanol–water partition coefficient (Wildman–Crippen LogP) is 2.03. The van der Waals surface area contributed by atoms with Crippen LogP contribution in [0.3, 0.4) is 0 Å². The van der Waals surface area contributed by atoms with Crippen molar-refractivity contribution in [2.24, 2.45) is 5.73 Å². The highest BCUT2D eigenvalue weighted by Gasteiger charge is 2.17. The Bertz CT molecular complexity index is 434.